The van der Waals surface area contributed by atoms with Gasteiger partial charge in [0.2, 0.25) is 0 Å². The van der Waals surface area contributed by atoms with Crippen molar-refractivity contribution in [3.05, 3.63) is 48.0 Å². The van der Waals surface area contributed by atoms with Crippen LogP contribution in [0.1, 0.15) is 23.1 Å². The minimum atomic E-state index is -0.220. The van der Waals surface area contributed by atoms with Gasteiger partial charge in [-0.25, -0.2) is 4.68 Å². The molecule has 3 rings (SSSR count). The van der Waals surface area contributed by atoms with Crippen LogP contribution in [0, 0.1) is 6.92 Å². The normalized spacial score (nSPS) is 12.3. The number of pyridine rings is 1. The maximum absolute atomic E-state index is 12.3. The number of carbonyl (C=O) groups excluding carboxylic acids is 1. The molecule has 1 aromatic carbocycles. The molecule has 0 saturated heterocycles. The fourth-order valence-corrected chi connectivity index (χ4v) is 2.49. The summed E-state index contributed by atoms with van der Waals surface area (Å²) in [6.07, 6.45) is 3.54. The minimum Gasteiger partial charge on any atom is -0.349 e. The first-order valence-electron chi connectivity index (χ1n) is 7.82. The van der Waals surface area contributed by atoms with Gasteiger partial charge in [0.15, 0.2) is 5.69 Å². The Morgan fingerprint density at radius 3 is 2.96 bits per heavy atom. The molecule has 2 heterocycles. The molecule has 0 saturated carbocycles. The number of carbonyl (C=O) groups is 1. The Hall–Kier alpha value is -2.80. The van der Waals surface area contributed by atoms with E-state index >= 15 is 0 Å². The second kappa shape index (κ2) is 6.76. The van der Waals surface area contributed by atoms with Crippen LogP contribution in [0.5, 0.6) is 0 Å². The molecule has 0 aliphatic heterocycles. The lowest BCUT2D eigenvalue weighted by molar-refractivity contribution is 0.0945. The van der Waals surface area contributed by atoms with E-state index in [1.54, 1.807) is 17.1 Å². The van der Waals surface area contributed by atoms with Crippen molar-refractivity contribution in [1.82, 2.24) is 30.6 Å². The zero-order valence-electron chi connectivity index (χ0n) is 13.9. The van der Waals surface area contributed by atoms with E-state index in [0.29, 0.717) is 17.9 Å². The van der Waals surface area contributed by atoms with Crippen molar-refractivity contribution in [2.45, 2.75) is 19.9 Å². The summed E-state index contributed by atoms with van der Waals surface area (Å²) in [4.78, 5) is 16.5. The lowest BCUT2D eigenvalue weighted by atomic mass is 10.1. The van der Waals surface area contributed by atoms with E-state index in [4.69, 9.17) is 0 Å². The third-order valence-electron chi connectivity index (χ3n) is 4.06. The zero-order valence-corrected chi connectivity index (χ0v) is 13.9. The van der Waals surface area contributed by atoms with Crippen LogP contribution < -0.4 is 10.6 Å². The van der Waals surface area contributed by atoms with Crippen molar-refractivity contribution in [3.63, 3.8) is 0 Å². The third-order valence-corrected chi connectivity index (χ3v) is 4.06. The van der Waals surface area contributed by atoms with E-state index in [1.807, 2.05) is 45.2 Å². The summed E-state index contributed by atoms with van der Waals surface area (Å²) in [5.74, 6) is -0.220. The molecular weight excluding hydrogens is 304 g/mol. The minimum absolute atomic E-state index is 0.190. The van der Waals surface area contributed by atoms with Gasteiger partial charge in [0.05, 0.1) is 11.4 Å². The Morgan fingerprint density at radius 2 is 2.17 bits per heavy atom. The molecule has 2 aromatic heterocycles. The van der Waals surface area contributed by atoms with Crippen LogP contribution >= 0.6 is 0 Å². The summed E-state index contributed by atoms with van der Waals surface area (Å²) < 4.78 is 1.69. The number of likely N-dealkylation sites (N-methyl/N-ethyl adjacent to an activating group) is 1. The molecule has 3 aromatic rings. The van der Waals surface area contributed by atoms with Gasteiger partial charge >= 0.3 is 0 Å². The maximum Gasteiger partial charge on any atom is 0.273 e. The van der Waals surface area contributed by atoms with Crippen molar-refractivity contribution in [2.75, 3.05) is 13.6 Å². The molecule has 0 spiro atoms. The largest absolute Gasteiger partial charge is 0.349 e. The zero-order chi connectivity index (χ0) is 17.1. The van der Waals surface area contributed by atoms with E-state index in [0.717, 1.165) is 16.5 Å². The van der Waals surface area contributed by atoms with E-state index in [2.05, 4.69) is 25.9 Å². The highest BCUT2D eigenvalue weighted by Crippen LogP contribution is 2.22. The molecule has 0 fully saturated rings. The highest BCUT2D eigenvalue weighted by Gasteiger charge is 2.18. The lowest BCUT2D eigenvalue weighted by Crippen LogP contribution is -2.37. The fourth-order valence-electron chi connectivity index (χ4n) is 2.49. The number of rotatable bonds is 5. The van der Waals surface area contributed by atoms with Crippen molar-refractivity contribution in [2.24, 2.45) is 0 Å². The number of amides is 1. The Labute approximate surface area is 140 Å². The predicted molar refractivity (Wildman–Crippen MR) is 92.3 cm³/mol. The smallest absolute Gasteiger partial charge is 0.273 e. The highest BCUT2D eigenvalue weighted by molar-refractivity contribution is 5.94. The first kappa shape index (κ1) is 16.1. The fraction of sp³-hybridized carbons (Fsp3) is 0.294. The lowest BCUT2D eigenvalue weighted by Gasteiger charge is -2.11. The SMILES string of the molecule is CNC(C)CNC(=O)c1nnn(-c2cccc3cnccc23)c1C. The average molecular weight is 324 g/mol. The number of aromatic nitrogens is 4. The van der Waals surface area contributed by atoms with Gasteiger partial charge in [-0.1, -0.05) is 17.3 Å². The van der Waals surface area contributed by atoms with Gasteiger partial charge in [-0.05, 0) is 33.0 Å². The first-order chi connectivity index (χ1) is 11.6. The summed E-state index contributed by atoms with van der Waals surface area (Å²) in [5, 5.41) is 16.2. The third kappa shape index (κ3) is 2.98. The molecule has 0 aliphatic rings. The van der Waals surface area contributed by atoms with Crippen molar-refractivity contribution < 1.29 is 4.79 Å². The first-order valence-corrected chi connectivity index (χ1v) is 7.82. The second-order valence-electron chi connectivity index (χ2n) is 5.71. The van der Waals surface area contributed by atoms with E-state index in [1.165, 1.54) is 0 Å². The second-order valence-corrected chi connectivity index (χ2v) is 5.71. The molecule has 2 N–H and O–H groups in total. The number of hydrogen-bond donors (Lipinski definition) is 2. The molecular formula is C17H20N6O. The average Bonchev–Trinajstić information content (AvgIpc) is 3.00. The van der Waals surface area contributed by atoms with Gasteiger partial charge < -0.3 is 10.6 Å². The van der Waals surface area contributed by atoms with Gasteiger partial charge in [-0.15, -0.1) is 5.10 Å². The quantitative estimate of drug-likeness (QED) is 0.742. The molecule has 7 nitrogen and oxygen atoms in total. The highest BCUT2D eigenvalue weighted by atomic mass is 16.2. The van der Waals surface area contributed by atoms with Crippen LogP contribution in [0.2, 0.25) is 0 Å². The number of fused-ring (bicyclic) bond motifs is 1. The van der Waals surface area contributed by atoms with E-state index in [9.17, 15) is 4.79 Å². The van der Waals surface area contributed by atoms with Crippen LogP contribution in [0.15, 0.2) is 36.7 Å². The molecule has 7 heteroatoms. The Bertz CT molecular complexity index is 867. The van der Waals surface area contributed by atoms with Gasteiger partial charge in [0.25, 0.3) is 5.91 Å². The Balaban J connectivity index is 1.93. The molecule has 124 valence electrons. The molecule has 24 heavy (non-hydrogen) atoms. The standard InChI is InChI=1S/C17H20N6O/c1-11(18-3)9-20-17(24)16-12(2)23(22-21-16)15-6-4-5-13-10-19-8-7-14(13)15/h4-8,10-11,18H,9H2,1-3H3,(H,20,24). The van der Waals surface area contributed by atoms with Gasteiger partial charge in [-0.2, -0.15) is 0 Å². The summed E-state index contributed by atoms with van der Waals surface area (Å²) >= 11 is 0. The summed E-state index contributed by atoms with van der Waals surface area (Å²) in [7, 11) is 1.85. The molecule has 1 unspecified atom stereocenters. The van der Waals surface area contributed by atoms with Crippen LogP contribution in [-0.2, 0) is 0 Å². The van der Waals surface area contributed by atoms with Gasteiger partial charge in [0, 0.05) is 35.8 Å². The van der Waals surface area contributed by atoms with Gasteiger partial charge in [-0.3, -0.25) is 9.78 Å². The summed E-state index contributed by atoms with van der Waals surface area (Å²) in [6.45, 7) is 4.37. The van der Waals surface area contributed by atoms with Crippen LogP contribution in [-0.4, -0.2) is 45.5 Å². The molecule has 0 bridgehead atoms. The molecule has 1 atom stereocenters. The molecule has 0 aliphatic carbocycles. The predicted octanol–water partition coefficient (Wildman–Crippen LogP) is 1.46. The van der Waals surface area contributed by atoms with Crippen LogP contribution in [0.4, 0.5) is 0 Å². The van der Waals surface area contributed by atoms with Gasteiger partial charge in [0.1, 0.15) is 0 Å². The number of benzene rings is 1. The molecule has 0 radical (unpaired) electrons. The van der Waals surface area contributed by atoms with E-state index in [-0.39, 0.29) is 11.9 Å². The number of nitrogens with one attached hydrogen (secondary N) is 2. The molecule has 1 amide bonds. The Kier molecular flexibility index (Phi) is 4.52. The summed E-state index contributed by atoms with van der Waals surface area (Å²) in [5.41, 5.74) is 1.92. The van der Waals surface area contributed by atoms with Crippen molar-refractivity contribution in [3.8, 4) is 5.69 Å². The van der Waals surface area contributed by atoms with Crippen LogP contribution in [0.3, 0.4) is 0 Å². The maximum atomic E-state index is 12.3. The summed E-state index contributed by atoms with van der Waals surface area (Å²) in [6, 6.07) is 8.00. The number of nitrogens with zero attached hydrogens (tertiary/aromatic N) is 4. The van der Waals surface area contributed by atoms with Crippen LogP contribution in [0.25, 0.3) is 16.5 Å². The van der Waals surface area contributed by atoms with Crippen molar-refractivity contribution >= 4 is 16.7 Å². The van der Waals surface area contributed by atoms with E-state index < -0.39 is 0 Å². The monoisotopic (exact) mass is 324 g/mol. The van der Waals surface area contributed by atoms with Crippen molar-refractivity contribution in [1.29, 1.82) is 0 Å². The Morgan fingerprint density at radius 1 is 1.33 bits per heavy atom. The number of hydrogen-bond acceptors (Lipinski definition) is 5. The topological polar surface area (TPSA) is 84.7 Å².